The van der Waals surface area contributed by atoms with Crippen molar-refractivity contribution in [1.82, 2.24) is 9.13 Å². The first-order chi connectivity index (χ1) is 12.8. The van der Waals surface area contributed by atoms with Crippen LogP contribution in [-0.2, 0) is 33.5 Å². The molecule has 2 heterocycles. The van der Waals surface area contributed by atoms with E-state index in [1.54, 1.807) is 0 Å². The molecule has 28 heavy (non-hydrogen) atoms. The lowest BCUT2D eigenvalue weighted by Crippen LogP contribution is -2.28. The molecule has 0 saturated heterocycles. The summed E-state index contributed by atoms with van der Waals surface area (Å²) in [4.78, 5) is 49.2. The van der Waals surface area contributed by atoms with E-state index < -0.39 is 67.3 Å². The lowest BCUT2D eigenvalue weighted by atomic mass is 10.1. The van der Waals surface area contributed by atoms with Gasteiger partial charge in [-0.25, -0.2) is 0 Å². The van der Waals surface area contributed by atoms with Crippen molar-refractivity contribution in [1.29, 1.82) is 0 Å². The van der Waals surface area contributed by atoms with Gasteiger partial charge in [0, 0.05) is 13.1 Å². The number of aromatic nitrogens is 2. The molecular weight excluding hydrogens is 426 g/mol. The molecule has 0 bridgehead atoms. The predicted molar refractivity (Wildman–Crippen MR) is 94.7 cm³/mol. The minimum atomic E-state index is -4.94. The van der Waals surface area contributed by atoms with Crippen LogP contribution >= 0.6 is 0 Å². The van der Waals surface area contributed by atoms with Gasteiger partial charge >= 0.3 is 20.4 Å². The number of halogens is 2. The molecule has 0 N–H and O–H groups in total. The molecule has 0 radical (unpaired) electrons. The molecule has 1 aromatic carbocycles. The second kappa shape index (κ2) is 6.41. The third-order valence-electron chi connectivity index (χ3n) is 4.18. The van der Waals surface area contributed by atoms with Crippen LogP contribution in [0.4, 0.5) is 7.77 Å². The molecule has 0 aliphatic rings. The van der Waals surface area contributed by atoms with E-state index in [2.05, 4.69) is 0 Å². The standard InChI is InChI=1S/C14H10F2N2O8S2/c15-27(23,24)3-1-17-11(19)7-5-9-10(6-8(7)12(17)20)14(22)18(13(9)21)2-4-28(16,25)26/h5-6H,1-4H2. The Kier molecular flexibility index (Phi) is 4.58. The first-order valence-electron chi connectivity index (χ1n) is 7.55. The smallest absolute Gasteiger partial charge is 0.273 e. The van der Waals surface area contributed by atoms with Gasteiger partial charge in [-0.1, -0.05) is 0 Å². The summed E-state index contributed by atoms with van der Waals surface area (Å²) in [6.07, 6.45) is 0. The zero-order chi connectivity index (χ0) is 21.0. The predicted octanol–water partition coefficient (Wildman–Crippen LogP) is -1.49. The summed E-state index contributed by atoms with van der Waals surface area (Å²) < 4.78 is 68.7. The maximum Gasteiger partial charge on any atom is 0.304 e. The number of benzene rings is 1. The molecule has 2 aromatic heterocycles. The van der Waals surface area contributed by atoms with Crippen LogP contribution in [0.3, 0.4) is 0 Å². The number of hydrogen-bond donors (Lipinski definition) is 0. The monoisotopic (exact) mass is 436 g/mol. The van der Waals surface area contributed by atoms with E-state index in [0.717, 1.165) is 12.1 Å². The Bertz CT molecular complexity index is 1350. The van der Waals surface area contributed by atoms with Gasteiger partial charge in [-0.05, 0) is 12.1 Å². The minimum Gasteiger partial charge on any atom is -0.273 e. The Morgan fingerprint density at radius 3 is 1.07 bits per heavy atom. The van der Waals surface area contributed by atoms with Gasteiger partial charge < -0.3 is 0 Å². The van der Waals surface area contributed by atoms with Crippen molar-refractivity contribution in [2.24, 2.45) is 0 Å². The van der Waals surface area contributed by atoms with E-state index >= 15 is 0 Å². The van der Waals surface area contributed by atoms with Gasteiger partial charge in [-0.3, -0.25) is 28.3 Å². The third-order valence-corrected chi connectivity index (χ3v) is 5.52. The molecule has 0 spiro atoms. The summed E-state index contributed by atoms with van der Waals surface area (Å²) in [6, 6.07) is 1.89. The lowest BCUT2D eigenvalue weighted by Gasteiger charge is -1.96. The van der Waals surface area contributed by atoms with Crippen molar-refractivity contribution in [3.63, 3.8) is 0 Å². The summed E-state index contributed by atoms with van der Waals surface area (Å²) in [5.41, 5.74) is -3.90. The average Bonchev–Trinajstić information content (AvgIpc) is 2.94. The van der Waals surface area contributed by atoms with Gasteiger partial charge in [-0.15, -0.1) is 7.77 Å². The molecule has 0 aliphatic carbocycles. The molecule has 0 aliphatic heterocycles. The summed E-state index contributed by atoms with van der Waals surface area (Å²) in [5, 5.41) is -1.16. The van der Waals surface area contributed by atoms with Crippen molar-refractivity contribution in [2.45, 2.75) is 13.1 Å². The van der Waals surface area contributed by atoms with Crippen LogP contribution in [0.25, 0.3) is 21.5 Å². The number of fused-ring (bicyclic) bond motifs is 2. The molecule has 14 heteroatoms. The fraction of sp³-hybridized carbons (Fsp3) is 0.286. The van der Waals surface area contributed by atoms with E-state index in [4.69, 9.17) is 0 Å². The molecule has 0 atom stereocenters. The molecule has 0 fully saturated rings. The highest BCUT2D eigenvalue weighted by Crippen LogP contribution is 2.14. The molecular formula is C14H10F2N2O8S2. The number of hydrogen-bond acceptors (Lipinski definition) is 8. The van der Waals surface area contributed by atoms with Crippen molar-refractivity contribution in [3.05, 3.63) is 53.5 Å². The van der Waals surface area contributed by atoms with Crippen molar-refractivity contribution < 1.29 is 24.6 Å². The van der Waals surface area contributed by atoms with Crippen LogP contribution in [0.2, 0.25) is 0 Å². The van der Waals surface area contributed by atoms with Crippen molar-refractivity contribution in [2.75, 3.05) is 11.5 Å². The molecule has 10 nitrogen and oxygen atoms in total. The zero-order valence-electron chi connectivity index (χ0n) is 13.7. The summed E-state index contributed by atoms with van der Waals surface area (Å²) in [6.45, 7) is -1.50. The van der Waals surface area contributed by atoms with Gasteiger partial charge in [0.1, 0.15) is 0 Å². The minimum absolute atomic E-state index is 0.291. The van der Waals surface area contributed by atoms with Crippen molar-refractivity contribution >= 4 is 42.0 Å². The van der Waals surface area contributed by atoms with Crippen LogP contribution in [0, 0.1) is 0 Å². The first kappa shape index (κ1) is 20.0. The molecule has 150 valence electrons. The zero-order valence-corrected chi connectivity index (χ0v) is 15.3. The van der Waals surface area contributed by atoms with Gasteiger partial charge in [0.15, 0.2) is 0 Å². The van der Waals surface area contributed by atoms with E-state index in [9.17, 15) is 43.8 Å². The van der Waals surface area contributed by atoms with Gasteiger partial charge in [0.2, 0.25) is 0 Å². The molecule has 3 aromatic rings. The third kappa shape index (κ3) is 3.52. The Morgan fingerprint density at radius 1 is 0.607 bits per heavy atom. The van der Waals surface area contributed by atoms with Crippen LogP contribution in [0.5, 0.6) is 0 Å². The Balaban J connectivity index is 2.22. The Hall–Kier alpha value is -2.74. The Labute approximate surface area is 154 Å². The quantitative estimate of drug-likeness (QED) is 0.425. The van der Waals surface area contributed by atoms with Gasteiger partial charge in [-0.2, -0.15) is 16.8 Å². The van der Waals surface area contributed by atoms with Crippen LogP contribution in [-0.4, -0.2) is 37.5 Å². The molecule has 0 saturated carbocycles. The van der Waals surface area contributed by atoms with Crippen molar-refractivity contribution in [3.8, 4) is 0 Å². The van der Waals surface area contributed by atoms with Crippen LogP contribution < -0.4 is 22.2 Å². The van der Waals surface area contributed by atoms with E-state index in [1.165, 1.54) is 0 Å². The summed E-state index contributed by atoms with van der Waals surface area (Å²) in [5.74, 6) is -2.22. The van der Waals surface area contributed by atoms with Crippen LogP contribution in [0.1, 0.15) is 0 Å². The van der Waals surface area contributed by atoms with Gasteiger partial charge in [0.25, 0.3) is 22.2 Å². The summed E-state index contributed by atoms with van der Waals surface area (Å²) >= 11 is 0. The van der Waals surface area contributed by atoms with Crippen LogP contribution in [0.15, 0.2) is 31.3 Å². The normalized spacial score (nSPS) is 12.9. The van der Waals surface area contributed by atoms with E-state index in [0.29, 0.717) is 9.13 Å². The second-order valence-electron chi connectivity index (χ2n) is 5.95. The second-order valence-corrected chi connectivity index (χ2v) is 8.93. The highest BCUT2D eigenvalue weighted by Gasteiger charge is 2.21. The SMILES string of the molecule is O=c1c2cc3c(=O)n(CCS(=O)(=O)F)c(=O)c3cc2c(=O)n1CCS(=O)(=O)F. The summed E-state index contributed by atoms with van der Waals surface area (Å²) in [7, 11) is -9.88. The van der Waals surface area contributed by atoms with E-state index in [-0.39, 0.29) is 21.5 Å². The Morgan fingerprint density at radius 2 is 0.857 bits per heavy atom. The fourth-order valence-corrected chi connectivity index (χ4v) is 3.68. The lowest BCUT2D eigenvalue weighted by molar-refractivity contribution is 0.541. The number of rotatable bonds is 6. The molecule has 0 unspecified atom stereocenters. The maximum absolute atomic E-state index is 12.7. The largest absolute Gasteiger partial charge is 0.304 e. The first-order valence-corrected chi connectivity index (χ1v) is 10.7. The average molecular weight is 436 g/mol. The highest BCUT2D eigenvalue weighted by molar-refractivity contribution is 7.86. The molecule has 3 rings (SSSR count). The number of nitrogens with zero attached hydrogens (tertiary/aromatic N) is 2. The highest BCUT2D eigenvalue weighted by atomic mass is 32.3. The topological polar surface area (TPSA) is 146 Å². The molecule has 0 amide bonds. The van der Waals surface area contributed by atoms with Gasteiger partial charge in [0.05, 0.1) is 33.1 Å². The maximum atomic E-state index is 12.7. The fourth-order valence-electron chi connectivity index (χ4n) is 2.88. The van der Waals surface area contributed by atoms with E-state index in [1.807, 2.05) is 0 Å².